The topological polar surface area (TPSA) is 64.4 Å². The average molecular weight is 285 g/mol. The van der Waals surface area contributed by atoms with Gasteiger partial charge >= 0.3 is 5.97 Å². The predicted octanol–water partition coefficient (Wildman–Crippen LogP) is 1.94. The summed E-state index contributed by atoms with van der Waals surface area (Å²) >= 11 is 0. The van der Waals surface area contributed by atoms with Gasteiger partial charge in [0.2, 0.25) is 0 Å². The van der Waals surface area contributed by atoms with Crippen LogP contribution in [-0.2, 0) is 9.53 Å². The standard InChI is InChI=1S/C15H12FN3O2/c1-9-17-5-11(6-18-9)12-3-2-10(4-13(12)16)14-8-21-15(20)7-19-14/h2-6H,7-8H2,1H3. The lowest BCUT2D eigenvalue weighted by Gasteiger charge is -2.13. The summed E-state index contributed by atoms with van der Waals surface area (Å²) in [6.45, 7) is 1.82. The Kier molecular flexibility index (Phi) is 3.43. The van der Waals surface area contributed by atoms with E-state index in [1.165, 1.54) is 6.07 Å². The van der Waals surface area contributed by atoms with E-state index in [4.69, 9.17) is 4.74 Å². The number of aromatic nitrogens is 2. The van der Waals surface area contributed by atoms with E-state index in [9.17, 15) is 9.18 Å². The monoisotopic (exact) mass is 285 g/mol. The molecule has 0 fully saturated rings. The van der Waals surface area contributed by atoms with Gasteiger partial charge in [-0.15, -0.1) is 0 Å². The number of ether oxygens (including phenoxy) is 1. The molecule has 1 aromatic carbocycles. The maximum Gasteiger partial charge on any atom is 0.328 e. The molecule has 0 N–H and O–H groups in total. The zero-order valence-corrected chi connectivity index (χ0v) is 11.3. The molecule has 0 bridgehead atoms. The number of carbonyl (C=O) groups is 1. The van der Waals surface area contributed by atoms with Crippen LogP contribution < -0.4 is 0 Å². The Morgan fingerprint density at radius 1 is 1.19 bits per heavy atom. The Bertz CT molecular complexity index is 726. The van der Waals surface area contributed by atoms with Crippen molar-refractivity contribution in [3.05, 3.63) is 47.8 Å². The first-order valence-electron chi connectivity index (χ1n) is 6.41. The van der Waals surface area contributed by atoms with Crippen molar-refractivity contribution in [1.29, 1.82) is 0 Å². The third-order valence-electron chi connectivity index (χ3n) is 3.16. The fourth-order valence-corrected chi connectivity index (χ4v) is 2.04. The molecule has 2 heterocycles. The fraction of sp³-hybridized carbons (Fsp3) is 0.200. The molecule has 21 heavy (non-hydrogen) atoms. The van der Waals surface area contributed by atoms with Gasteiger partial charge in [0.1, 0.15) is 24.8 Å². The predicted molar refractivity (Wildman–Crippen MR) is 74.5 cm³/mol. The minimum absolute atomic E-state index is 0.0233. The maximum atomic E-state index is 14.2. The van der Waals surface area contributed by atoms with E-state index in [-0.39, 0.29) is 24.9 Å². The van der Waals surface area contributed by atoms with Crippen molar-refractivity contribution in [3.8, 4) is 11.1 Å². The van der Waals surface area contributed by atoms with E-state index in [2.05, 4.69) is 15.0 Å². The maximum absolute atomic E-state index is 14.2. The van der Waals surface area contributed by atoms with Crippen molar-refractivity contribution in [2.75, 3.05) is 13.2 Å². The summed E-state index contributed by atoms with van der Waals surface area (Å²) in [6, 6.07) is 4.78. The largest absolute Gasteiger partial charge is 0.458 e. The number of hydrogen-bond acceptors (Lipinski definition) is 5. The highest BCUT2D eigenvalue weighted by Crippen LogP contribution is 2.23. The number of cyclic esters (lactones) is 1. The van der Waals surface area contributed by atoms with Crippen LogP contribution >= 0.6 is 0 Å². The van der Waals surface area contributed by atoms with Gasteiger partial charge in [-0.1, -0.05) is 12.1 Å². The fourth-order valence-electron chi connectivity index (χ4n) is 2.04. The second-order valence-electron chi connectivity index (χ2n) is 4.64. The van der Waals surface area contributed by atoms with E-state index in [1.807, 2.05) is 0 Å². The number of aliphatic imine (C=N–C) groups is 1. The SMILES string of the molecule is Cc1ncc(-c2ccc(C3=NCC(=O)OC3)cc2F)cn1. The number of carbonyl (C=O) groups excluding carboxylic acids is 1. The summed E-state index contributed by atoms with van der Waals surface area (Å²) in [6.07, 6.45) is 3.17. The van der Waals surface area contributed by atoms with Gasteiger partial charge in [0.05, 0.1) is 5.71 Å². The second-order valence-corrected chi connectivity index (χ2v) is 4.64. The van der Waals surface area contributed by atoms with Crippen LogP contribution in [0.2, 0.25) is 0 Å². The van der Waals surface area contributed by atoms with Gasteiger partial charge in [-0.3, -0.25) is 9.79 Å². The number of hydrogen-bond donors (Lipinski definition) is 0. The third-order valence-corrected chi connectivity index (χ3v) is 3.16. The number of nitrogens with zero attached hydrogens (tertiary/aromatic N) is 3. The number of rotatable bonds is 2. The first-order chi connectivity index (χ1) is 10.1. The highest BCUT2D eigenvalue weighted by Gasteiger charge is 2.16. The quantitative estimate of drug-likeness (QED) is 0.791. The third kappa shape index (κ3) is 2.79. The molecule has 2 aromatic rings. The van der Waals surface area contributed by atoms with Crippen molar-refractivity contribution >= 4 is 11.7 Å². The first kappa shape index (κ1) is 13.4. The van der Waals surface area contributed by atoms with Crippen molar-refractivity contribution < 1.29 is 13.9 Å². The molecule has 0 saturated heterocycles. The molecule has 1 aromatic heterocycles. The molecule has 0 saturated carbocycles. The van der Waals surface area contributed by atoms with Crippen LogP contribution in [0.15, 0.2) is 35.6 Å². The van der Waals surface area contributed by atoms with E-state index >= 15 is 0 Å². The highest BCUT2D eigenvalue weighted by molar-refractivity contribution is 6.04. The Hall–Kier alpha value is -2.63. The minimum Gasteiger partial charge on any atom is -0.458 e. The smallest absolute Gasteiger partial charge is 0.328 e. The molecule has 5 nitrogen and oxygen atoms in total. The number of benzene rings is 1. The van der Waals surface area contributed by atoms with E-state index in [0.717, 1.165) is 0 Å². The summed E-state index contributed by atoms with van der Waals surface area (Å²) in [5, 5.41) is 0. The van der Waals surface area contributed by atoms with Gasteiger partial charge in [0.15, 0.2) is 0 Å². The van der Waals surface area contributed by atoms with Crippen molar-refractivity contribution in [2.24, 2.45) is 4.99 Å². The Labute approximate surface area is 120 Å². The number of halogens is 1. The molecule has 1 aliphatic rings. The zero-order chi connectivity index (χ0) is 14.8. The summed E-state index contributed by atoms with van der Waals surface area (Å²) in [5.74, 6) is -0.124. The van der Waals surface area contributed by atoms with Gasteiger partial charge < -0.3 is 4.74 Å². The van der Waals surface area contributed by atoms with Crippen LogP contribution in [0.25, 0.3) is 11.1 Å². The Morgan fingerprint density at radius 3 is 2.57 bits per heavy atom. The normalized spacial score (nSPS) is 14.6. The zero-order valence-electron chi connectivity index (χ0n) is 11.3. The van der Waals surface area contributed by atoms with Crippen LogP contribution in [-0.4, -0.2) is 34.8 Å². The van der Waals surface area contributed by atoms with E-state index in [0.29, 0.717) is 28.2 Å². The average Bonchev–Trinajstić information content (AvgIpc) is 2.49. The van der Waals surface area contributed by atoms with Gasteiger partial charge in [-0.05, 0) is 13.0 Å². The lowest BCUT2D eigenvalue weighted by atomic mass is 10.0. The summed E-state index contributed by atoms with van der Waals surface area (Å²) in [7, 11) is 0. The molecule has 106 valence electrons. The van der Waals surface area contributed by atoms with Crippen LogP contribution in [0.5, 0.6) is 0 Å². The van der Waals surface area contributed by atoms with Crippen LogP contribution in [0.1, 0.15) is 11.4 Å². The first-order valence-corrected chi connectivity index (χ1v) is 6.41. The van der Waals surface area contributed by atoms with Gasteiger partial charge in [0, 0.05) is 29.1 Å². The summed E-state index contributed by atoms with van der Waals surface area (Å²) in [4.78, 5) is 23.2. The molecule has 0 amide bonds. The Morgan fingerprint density at radius 2 is 1.95 bits per heavy atom. The summed E-state index contributed by atoms with van der Waals surface area (Å²) in [5.41, 5.74) is 2.21. The van der Waals surface area contributed by atoms with Crippen molar-refractivity contribution in [2.45, 2.75) is 6.92 Å². The van der Waals surface area contributed by atoms with Crippen molar-refractivity contribution in [1.82, 2.24) is 9.97 Å². The molecule has 0 aliphatic carbocycles. The highest BCUT2D eigenvalue weighted by atomic mass is 19.1. The number of esters is 1. The lowest BCUT2D eigenvalue weighted by Crippen LogP contribution is -2.23. The van der Waals surface area contributed by atoms with Crippen LogP contribution in [0.4, 0.5) is 4.39 Å². The van der Waals surface area contributed by atoms with Gasteiger partial charge in [-0.2, -0.15) is 0 Å². The molecule has 3 rings (SSSR count). The van der Waals surface area contributed by atoms with E-state index < -0.39 is 0 Å². The molecule has 0 spiro atoms. The van der Waals surface area contributed by atoms with Gasteiger partial charge in [0.25, 0.3) is 0 Å². The van der Waals surface area contributed by atoms with Crippen LogP contribution in [0.3, 0.4) is 0 Å². The van der Waals surface area contributed by atoms with Crippen LogP contribution in [0, 0.1) is 12.7 Å². The van der Waals surface area contributed by atoms with Gasteiger partial charge in [-0.25, -0.2) is 14.4 Å². The molecular weight excluding hydrogens is 273 g/mol. The van der Waals surface area contributed by atoms with Crippen molar-refractivity contribution in [3.63, 3.8) is 0 Å². The summed E-state index contributed by atoms with van der Waals surface area (Å²) < 4.78 is 19.2. The molecule has 0 unspecified atom stereocenters. The molecule has 0 radical (unpaired) electrons. The molecule has 6 heteroatoms. The van der Waals surface area contributed by atoms with E-state index in [1.54, 1.807) is 31.5 Å². The second kappa shape index (κ2) is 5.40. The molecular formula is C15H12FN3O2. The Balaban J connectivity index is 1.93. The minimum atomic E-state index is -0.389. The molecule has 0 atom stereocenters. The lowest BCUT2D eigenvalue weighted by molar-refractivity contribution is -0.140. The molecule has 1 aliphatic heterocycles. The number of aryl methyl sites for hydroxylation is 1.